The molecule has 0 unspecified atom stereocenters. The molecule has 15 nitrogen and oxygen atoms in total. The van der Waals surface area contributed by atoms with Gasteiger partial charge in [-0.3, -0.25) is 29.4 Å². The van der Waals surface area contributed by atoms with Crippen LogP contribution in [-0.4, -0.2) is 75.9 Å². The second kappa shape index (κ2) is 12.5. The first-order chi connectivity index (χ1) is 18.4. The third-order valence-electron chi connectivity index (χ3n) is 5.28. The molecular formula is C23H26N4O11S. The lowest BCUT2D eigenvalue weighted by Crippen LogP contribution is -2.66. The minimum atomic E-state index is -1.45. The first kappa shape index (κ1) is 29.2. The van der Waals surface area contributed by atoms with Gasteiger partial charge in [-0.2, -0.15) is 4.68 Å². The number of para-hydroxylation sites is 1. The van der Waals surface area contributed by atoms with Gasteiger partial charge in [-0.15, -0.1) is 0 Å². The van der Waals surface area contributed by atoms with E-state index in [-0.39, 0.29) is 10.5 Å². The normalized spacial score (nSPS) is 22.3. The molecule has 1 fully saturated rings. The summed E-state index contributed by atoms with van der Waals surface area (Å²) in [4.78, 5) is 75.1. The van der Waals surface area contributed by atoms with Crippen molar-refractivity contribution >= 4 is 52.1 Å². The average Bonchev–Trinajstić information content (AvgIpc) is 2.83. The Kier molecular flexibility index (Phi) is 9.37. The number of carbonyl (C=O) groups excluding carboxylic acids is 4. The molecule has 16 heteroatoms. The Morgan fingerprint density at radius 1 is 0.923 bits per heavy atom. The number of ether oxygens (including phenoxy) is 5. The Morgan fingerprint density at radius 2 is 1.51 bits per heavy atom. The second-order valence-corrected chi connectivity index (χ2v) is 8.73. The summed E-state index contributed by atoms with van der Waals surface area (Å²) < 4.78 is 27.5. The molecule has 0 spiro atoms. The number of nitrogens with zero attached hydrogens (tertiary/aromatic N) is 1. The summed E-state index contributed by atoms with van der Waals surface area (Å²) in [5, 5.41) is 2.52. The number of hydrogen-bond donors (Lipinski definition) is 3. The summed E-state index contributed by atoms with van der Waals surface area (Å²) >= 11 is 5.26. The van der Waals surface area contributed by atoms with Crippen molar-refractivity contribution in [2.45, 2.75) is 58.3 Å². The number of rotatable bonds is 7. The number of aromatic nitrogens is 2. The topological polar surface area (TPSA) is 193 Å². The van der Waals surface area contributed by atoms with E-state index < -0.39 is 72.4 Å². The van der Waals surface area contributed by atoms with Crippen molar-refractivity contribution in [3.05, 3.63) is 45.1 Å². The molecule has 1 aromatic carbocycles. The number of hydrogen-bond acceptors (Lipinski definition) is 12. The molecule has 2 aromatic rings. The van der Waals surface area contributed by atoms with Crippen molar-refractivity contribution in [2.75, 3.05) is 12.0 Å². The summed E-state index contributed by atoms with van der Waals surface area (Å²) in [6.07, 6.45) is -6.87. The van der Waals surface area contributed by atoms with Gasteiger partial charge in [0.15, 0.2) is 29.7 Å². The lowest BCUT2D eigenvalue weighted by atomic mass is 9.97. The molecule has 39 heavy (non-hydrogen) atoms. The molecule has 0 bridgehead atoms. The van der Waals surface area contributed by atoms with Gasteiger partial charge in [-0.1, -0.05) is 12.1 Å². The summed E-state index contributed by atoms with van der Waals surface area (Å²) in [7, 11) is 0. The van der Waals surface area contributed by atoms with E-state index in [1.54, 1.807) is 18.2 Å². The Bertz CT molecular complexity index is 1400. The van der Waals surface area contributed by atoms with Gasteiger partial charge in [0.25, 0.3) is 5.56 Å². The molecule has 1 aliphatic heterocycles. The lowest BCUT2D eigenvalue weighted by molar-refractivity contribution is -0.254. The van der Waals surface area contributed by atoms with Crippen molar-refractivity contribution in [3.8, 4) is 0 Å². The number of H-pyrrole nitrogens is 1. The lowest BCUT2D eigenvalue weighted by Gasteiger charge is -2.44. The third kappa shape index (κ3) is 7.38. The summed E-state index contributed by atoms with van der Waals surface area (Å²) in [5.74, 6) is -3.08. The van der Waals surface area contributed by atoms with Gasteiger partial charge in [-0.05, 0) is 24.4 Å². The van der Waals surface area contributed by atoms with Gasteiger partial charge >= 0.3 is 29.6 Å². The van der Waals surface area contributed by atoms with Gasteiger partial charge < -0.3 is 34.0 Å². The van der Waals surface area contributed by atoms with Crippen LogP contribution in [0, 0.1) is 0 Å². The molecule has 1 saturated heterocycles. The number of esters is 4. The molecule has 1 aliphatic rings. The summed E-state index contributed by atoms with van der Waals surface area (Å²) in [6, 6.07) is 6.31. The Labute approximate surface area is 225 Å². The van der Waals surface area contributed by atoms with E-state index in [0.717, 1.165) is 27.7 Å². The van der Waals surface area contributed by atoms with Gasteiger partial charge in [0.05, 0.1) is 10.9 Å². The Balaban J connectivity index is 1.95. The molecule has 2 heterocycles. The first-order valence-corrected chi connectivity index (χ1v) is 11.9. The van der Waals surface area contributed by atoms with Crippen LogP contribution in [0.4, 0.5) is 0 Å². The molecule has 0 amide bonds. The van der Waals surface area contributed by atoms with Gasteiger partial charge in [0, 0.05) is 27.7 Å². The molecule has 0 radical (unpaired) electrons. The van der Waals surface area contributed by atoms with E-state index in [1.807, 2.05) is 0 Å². The highest BCUT2D eigenvalue weighted by Crippen LogP contribution is 2.28. The monoisotopic (exact) mass is 566 g/mol. The molecule has 210 valence electrons. The highest BCUT2D eigenvalue weighted by molar-refractivity contribution is 7.80. The zero-order valence-corrected chi connectivity index (χ0v) is 22.1. The maximum atomic E-state index is 12.8. The largest absolute Gasteiger partial charge is 0.463 e. The van der Waals surface area contributed by atoms with Crippen LogP contribution in [0.3, 0.4) is 0 Å². The number of fused-ring (bicyclic) bond motifs is 1. The quantitative estimate of drug-likeness (QED) is 0.214. The predicted molar refractivity (Wildman–Crippen MR) is 136 cm³/mol. The minimum absolute atomic E-state index is 0.194. The van der Waals surface area contributed by atoms with E-state index in [2.05, 4.69) is 15.7 Å². The maximum absolute atomic E-state index is 12.8. The van der Waals surface area contributed by atoms with Gasteiger partial charge in [0.2, 0.25) is 0 Å². The maximum Gasteiger partial charge on any atom is 0.348 e. The van der Waals surface area contributed by atoms with Crippen molar-refractivity contribution in [1.29, 1.82) is 0 Å². The Morgan fingerprint density at radius 3 is 2.13 bits per heavy atom. The highest BCUT2D eigenvalue weighted by atomic mass is 32.1. The fourth-order valence-electron chi connectivity index (χ4n) is 3.87. The summed E-state index contributed by atoms with van der Waals surface area (Å²) in [6.45, 7) is 3.96. The van der Waals surface area contributed by atoms with Crippen LogP contribution < -0.4 is 22.0 Å². The van der Waals surface area contributed by atoms with E-state index >= 15 is 0 Å². The van der Waals surface area contributed by atoms with Crippen LogP contribution in [0.15, 0.2) is 33.9 Å². The smallest absolute Gasteiger partial charge is 0.348 e. The molecule has 5 atom stereocenters. The van der Waals surface area contributed by atoms with E-state index in [1.165, 1.54) is 6.07 Å². The third-order valence-corrected chi connectivity index (χ3v) is 5.49. The van der Waals surface area contributed by atoms with Crippen LogP contribution in [0.25, 0.3) is 10.9 Å². The number of thiocarbonyl (C=S) groups is 1. The first-order valence-electron chi connectivity index (χ1n) is 11.5. The van der Waals surface area contributed by atoms with Crippen molar-refractivity contribution in [1.82, 2.24) is 15.0 Å². The van der Waals surface area contributed by atoms with Crippen molar-refractivity contribution in [3.63, 3.8) is 0 Å². The fraction of sp³-hybridized carbons (Fsp3) is 0.435. The predicted octanol–water partition coefficient (Wildman–Crippen LogP) is -0.809. The molecule has 3 rings (SSSR count). The fourth-order valence-corrected chi connectivity index (χ4v) is 4.08. The van der Waals surface area contributed by atoms with Crippen LogP contribution in [0.5, 0.6) is 0 Å². The highest BCUT2D eigenvalue weighted by Gasteiger charge is 2.52. The second-order valence-electron chi connectivity index (χ2n) is 8.32. The molecule has 1 aromatic heterocycles. The molecule has 0 aliphatic carbocycles. The van der Waals surface area contributed by atoms with E-state index in [9.17, 15) is 28.8 Å². The number of benzene rings is 1. The minimum Gasteiger partial charge on any atom is -0.463 e. The average molecular weight is 567 g/mol. The van der Waals surface area contributed by atoms with Gasteiger partial charge in [0.1, 0.15) is 12.7 Å². The standard InChI is InChI=1S/C23H26N4O11S/c1-10(28)34-9-16-17(35-11(2)29)18(36-12(3)30)19(37-13(4)31)20(38-16)25-22(39)26-27-21(32)14-7-5-6-8-15(14)24-23(27)33/h5-8,16-20H,9H2,1-4H3,(H,24,33)(H2,25,26,39)/t16-,17-,18+,19-,20-/m1/s1. The number of nitrogens with one attached hydrogen (secondary N) is 3. The molecule has 3 N–H and O–H groups in total. The van der Waals surface area contributed by atoms with Crippen LogP contribution >= 0.6 is 12.2 Å². The molecule has 0 saturated carbocycles. The zero-order valence-electron chi connectivity index (χ0n) is 21.2. The van der Waals surface area contributed by atoms with Gasteiger partial charge in [-0.25, -0.2) is 4.79 Å². The number of carbonyl (C=O) groups is 4. The van der Waals surface area contributed by atoms with E-state index in [4.69, 9.17) is 35.9 Å². The number of aromatic amines is 1. The van der Waals surface area contributed by atoms with Crippen LogP contribution in [-0.2, 0) is 42.9 Å². The Hall–Kier alpha value is -4.31. The zero-order chi connectivity index (χ0) is 28.9. The SMILES string of the molecule is CC(=O)OC[C@H]1O[C@@H](NC(=S)Nn2c(=O)[nH]c3ccccc3c2=O)[C@H](OC(C)=O)[C@@H](OC(C)=O)[C@@H]1OC(C)=O. The van der Waals surface area contributed by atoms with Crippen LogP contribution in [0.2, 0.25) is 0 Å². The molecular weight excluding hydrogens is 540 g/mol. The summed E-state index contributed by atoms with van der Waals surface area (Å²) in [5.41, 5.74) is 1.21. The van der Waals surface area contributed by atoms with E-state index in [0.29, 0.717) is 10.2 Å². The van der Waals surface area contributed by atoms with Crippen molar-refractivity contribution in [2.24, 2.45) is 0 Å². The van der Waals surface area contributed by atoms with Crippen LogP contribution in [0.1, 0.15) is 27.7 Å². The van der Waals surface area contributed by atoms with Crippen molar-refractivity contribution < 1.29 is 42.9 Å².